The van der Waals surface area contributed by atoms with E-state index in [9.17, 15) is 9.18 Å². The molecular formula is C22H22FN9O. The molecule has 0 spiro atoms. The standard InChI is InChI=1S/C22H22FN9O/c23-18-5-2-1-4-16(18)21(33)24-8-9-32-20-17(14-29-32)19(27-15-28-20)30-10-12-31(13-11-30)22-25-6-3-7-26-22/h1-7,14-15H,8-13H2,(H,24,33). The minimum Gasteiger partial charge on any atom is -0.352 e. The van der Waals surface area contributed by atoms with Crippen LogP contribution < -0.4 is 15.1 Å². The zero-order valence-corrected chi connectivity index (χ0v) is 17.8. The Bertz CT molecular complexity index is 1260. The molecule has 0 bridgehead atoms. The lowest BCUT2D eigenvalue weighted by Crippen LogP contribution is -2.47. The number of benzene rings is 1. The summed E-state index contributed by atoms with van der Waals surface area (Å²) in [5.41, 5.74) is 0.710. The highest BCUT2D eigenvalue weighted by atomic mass is 19.1. The molecule has 5 rings (SSSR count). The van der Waals surface area contributed by atoms with Gasteiger partial charge in [0.05, 0.1) is 23.7 Å². The highest BCUT2D eigenvalue weighted by molar-refractivity contribution is 5.94. The third kappa shape index (κ3) is 4.29. The number of carbonyl (C=O) groups excluding carboxylic acids is 1. The number of nitrogens with one attached hydrogen (secondary N) is 1. The molecule has 1 saturated heterocycles. The Labute approximate surface area is 189 Å². The molecular weight excluding hydrogens is 425 g/mol. The molecule has 0 unspecified atom stereocenters. The van der Waals surface area contributed by atoms with E-state index in [0.717, 1.165) is 43.3 Å². The van der Waals surface area contributed by atoms with Crippen molar-refractivity contribution in [3.63, 3.8) is 0 Å². The van der Waals surface area contributed by atoms with Crippen molar-refractivity contribution in [2.75, 3.05) is 42.5 Å². The number of hydrogen-bond donors (Lipinski definition) is 1. The Kier molecular flexibility index (Phi) is 5.75. The summed E-state index contributed by atoms with van der Waals surface area (Å²) in [7, 11) is 0. The lowest BCUT2D eigenvalue weighted by atomic mass is 10.2. The molecule has 1 aromatic carbocycles. The molecule has 1 fully saturated rings. The molecule has 0 aliphatic carbocycles. The van der Waals surface area contributed by atoms with Gasteiger partial charge in [0.2, 0.25) is 5.95 Å². The summed E-state index contributed by atoms with van der Waals surface area (Å²) in [6, 6.07) is 7.71. The summed E-state index contributed by atoms with van der Waals surface area (Å²) >= 11 is 0. The predicted octanol–water partition coefficient (Wildman–Crippen LogP) is 1.51. The fourth-order valence-electron chi connectivity index (χ4n) is 3.88. The Hall–Kier alpha value is -4.15. The molecule has 4 heterocycles. The van der Waals surface area contributed by atoms with Gasteiger partial charge in [-0.1, -0.05) is 12.1 Å². The van der Waals surface area contributed by atoms with Gasteiger partial charge in [-0.25, -0.2) is 29.0 Å². The van der Waals surface area contributed by atoms with Crippen LogP contribution in [-0.4, -0.2) is 68.3 Å². The monoisotopic (exact) mass is 447 g/mol. The summed E-state index contributed by atoms with van der Waals surface area (Å²) in [5, 5.41) is 8.01. The Morgan fingerprint density at radius 3 is 2.52 bits per heavy atom. The van der Waals surface area contributed by atoms with Gasteiger partial charge in [0.25, 0.3) is 5.91 Å². The minimum absolute atomic E-state index is 0.0208. The molecule has 33 heavy (non-hydrogen) atoms. The second-order valence-electron chi connectivity index (χ2n) is 7.56. The van der Waals surface area contributed by atoms with Crippen molar-refractivity contribution in [1.82, 2.24) is 35.0 Å². The van der Waals surface area contributed by atoms with Crippen molar-refractivity contribution in [1.29, 1.82) is 0 Å². The molecule has 0 radical (unpaired) electrons. The van der Waals surface area contributed by atoms with E-state index in [4.69, 9.17) is 0 Å². The molecule has 1 aliphatic rings. The van der Waals surface area contributed by atoms with Crippen LogP contribution in [0.5, 0.6) is 0 Å². The van der Waals surface area contributed by atoms with E-state index < -0.39 is 11.7 Å². The average molecular weight is 447 g/mol. The maximum atomic E-state index is 13.8. The van der Waals surface area contributed by atoms with Crippen LogP contribution in [0.1, 0.15) is 10.4 Å². The molecule has 10 nitrogen and oxygen atoms in total. The van der Waals surface area contributed by atoms with Gasteiger partial charge < -0.3 is 15.1 Å². The first-order valence-corrected chi connectivity index (χ1v) is 10.7. The third-order valence-corrected chi connectivity index (χ3v) is 5.55. The highest BCUT2D eigenvalue weighted by Gasteiger charge is 2.22. The molecule has 4 aromatic rings. The van der Waals surface area contributed by atoms with Crippen LogP contribution in [-0.2, 0) is 6.54 Å². The van der Waals surface area contributed by atoms with Crippen LogP contribution in [0.15, 0.2) is 55.2 Å². The second kappa shape index (κ2) is 9.15. The number of fused-ring (bicyclic) bond motifs is 1. The van der Waals surface area contributed by atoms with Crippen molar-refractivity contribution in [2.24, 2.45) is 0 Å². The number of nitrogens with zero attached hydrogens (tertiary/aromatic N) is 8. The minimum atomic E-state index is -0.546. The van der Waals surface area contributed by atoms with Crippen LogP contribution in [0.25, 0.3) is 11.0 Å². The van der Waals surface area contributed by atoms with Gasteiger partial charge in [-0.2, -0.15) is 5.10 Å². The lowest BCUT2D eigenvalue weighted by molar-refractivity contribution is 0.0948. The molecule has 3 aromatic heterocycles. The molecule has 1 N–H and O–H groups in total. The quantitative estimate of drug-likeness (QED) is 0.474. The summed E-state index contributed by atoms with van der Waals surface area (Å²) in [6.45, 7) is 3.80. The van der Waals surface area contributed by atoms with Gasteiger partial charge in [-0.3, -0.25) is 4.79 Å². The lowest BCUT2D eigenvalue weighted by Gasteiger charge is -2.35. The van der Waals surface area contributed by atoms with Gasteiger partial charge in [-0.05, 0) is 18.2 Å². The first kappa shape index (κ1) is 20.7. The zero-order valence-electron chi connectivity index (χ0n) is 17.8. The predicted molar refractivity (Wildman–Crippen MR) is 121 cm³/mol. The zero-order chi connectivity index (χ0) is 22.6. The maximum Gasteiger partial charge on any atom is 0.254 e. The normalized spacial score (nSPS) is 14.0. The van der Waals surface area contributed by atoms with Crippen LogP contribution in [0.4, 0.5) is 16.2 Å². The third-order valence-electron chi connectivity index (χ3n) is 5.55. The summed E-state index contributed by atoms with van der Waals surface area (Å²) in [4.78, 5) is 34.1. The highest BCUT2D eigenvalue weighted by Crippen LogP contribution is 2.24. The summed E-state index contributed by atoms with van der Waals surface area (Å²) in [6.07, 6.45) is 6.77. The first-order valence-electron chi connectivity index (χ1n) is 10.7. The van der Waals surface area contributed by atoms with Crippen molar-refractivity contribution in [2.45, 2.75) is 6.54 Å². The van der Waals surface area contributed by atoms with E-state index in [1.54, 1.807) is 41.5 Å². The maximum absolute atomic E-state index is 13.8. The molecule has 0 saturated carbocycles. The molecule has 1 amide bonds. The van der Waals surface area contributed by atoms with Gasteiger partial charge in [0, 0.05) is 45.1 Å². The molecule has 168 valence electrons. The van der Waals surface area contributed by atoms with Crippen LogP contribution in [0.3, 0.4) is 0 Å². The Morgan fingerprint density at radius 1 is 0.970 bits per heavy atom. The fraction of sp³-hybridized carbons (Fsp3) is 0.273. The van der Waals surface area contributed by atoms with Gasteiger partial charge in [0.1, 0.15) is 18.0 Å². The van der Waals surface area contributed by atoms with E-state index in [1.165, 1.54) is 18.5 Å². The van der Waals surface area contributed by atoms with Crippen molar-refractivity contribution < 1.29 is 9.18 Å². The van der Waals surface area contributed by atoms with Crippen molar-refractivity contribution >= 4 is 28.7 Å². The number of aromatic nitrogens is 6. The van der Waals surface area contributed by atoms with Gasteiger partial charge >= 0.3 is 0 Å². The van der Waals surface area contributed by atoms with Crippen LogP contribution in [0, 0.1) is 5.82 Å². The van der Waals surface area contributed by atoms with E-state index >= 15 is 0 Å². The second-order valence-corrected chi connectivity index (χ2v) is 7.56. The van der Waals surface area contributed by atoms with Crippen LogP contribution >= 0.6 is 0 Å². The number of carbonyl (C=O) groups is 1. The number of amides is 1. The van der Waals surface area contributed by atoms with Crippen molar-refractivity contribution in [3.05, 3.63) is 66.6 Å². The summed E-state index contributed by atoms with van der Waals surface area (Å²) < 4.78 is 15.5. The Morgan fingerprint density at radius 2 is 1.73 bits per heavy atom. The SMILES string of the molecule is O=C(NCCn1ncc2c(N3CCN(c4ncccn4)CC3)ncnc21)c1ccccc1F. The smallest absolute Gasteiger partial charge is 0.254 e. The van der Waals surface area contributed by atoms with Crippen LogP contribution in [0.2, 0.25) is 0 Å². The first-order chi connectivity index (χ1) is 16.2. The largest absolute Gasteiger partial charge is 0.352 e. The number of rotatable bonds is 6. The molecule has 0 atom stereocenters. The van der Waals surface area contributed by atoms with Crippen molar-refractivity contribution in [3.8, 4) is 0 Å². The number of halogens is 1. The Balaban J connectivity index is 1.24. The fourth-order valence-corrected chi connectivity index (χ4v) is 3.88. The topological polar surface area (TPSA) is 105 Å². The van der Waals surface area contributed by atoms with E-state index in [-0.39, 0.29) is 5.56 Å². The van der Waals surface area contributed by atoms with Gasteiger partial charge in [-0.15, -0.1) is 0 Å². The van der Waals surface area contributed by atoms with E-state index in [1.807, 2.05) is 0 Å². The summed E-state index contributed by atoms with van der Waals surface area (Å²) in [5.74, 6) is 0.557. The average Bonchev–Trinajstić information content (AvgIpc) is 3.28. The molecule has 11 heteroatoms. The number of hydrogen-bond acceptors (Lipinski definition) is 8. The van der Waals surface area contributed by atoms with E-state index in [0.29, 0.717) is 18.7 Å². The number of piperazine rings is 1. The number of anilines is 2. The van der Waals surface area contributed by atoms with Gasteiger partial charge in [0.15, 0.2) is 5.65 Å². The molecule has 1 aliphatic heterocycles. The van der Waals surface area contributed by atoms with E-state index in [2.05, 4.69) is 40.2 Å².